The maximum atomic E-state index is 12.5. The Morgan fingerprint density at radius 3 is 2.40 bits per heavy atom. The molecule has 0 saturated heterocycles. The number of carbonyl (C=O) groups is 1. The fourth-order valence-electron chi connectivity index (χ4n) is 2.61. The molecule has 4 rings (SSSR count). The SMILES string of the molecule is O=C1c2ccccc2-c2[nH]nc(-c3ccc(Br)cc3)c21. The van der Waals surface area contributed by atoms with E-state index >= 15 is 0 Å². The molecule has 0 aliphatic heterocycles. The van der Waals surface area contributed by atoms with Crippen molar-refractivity contribution in [3.8, 4) is 22.5 Å². The zero-order valence-corrected chi connectivity index (χ0v) is 11.9. The molecule has 3 aromatic rings. The van der Waals surface area contributed by atoms with Gasteiger partial charge in [-0.1, -0.05) is 52.3 Å². The van der Waals surface area contributed by atoms with Crippen LogP contribution in [0.5, 0.6) is 0 Å². The van der Waals surface area contributed by atoms with E-state index in [2.05, 4.69) is 26.1 Å². The van der Waals surface area contributed by atoms with Crippen LogP contribution in [0.2, 0.25) is 0 Å². The van der Waals surface area contributed by atoms with Gasteiger partial charge in [-0.05, 0) is 12.1 Å². The molecule has 0 radical (unpaired) electrons. The summed E-state index contributed by atoms with van der Waals surface area (Å²) >= 11 is 3.41. The van der Waals surface area contributed by atoms with Crippen molar-refractivity contribution >= 4 is 21.7 Å². The van der Waals surface area contributed by atoms with Gasteiger partial charge in [0.05, 0.1) is 11.3 Å². The highest BCUT2D eigenvalue weighted by atomic mass is 79.9. The van der Waals surface area contributed by atoms with Crippen LogP contribution < -0.4 is 0 Å². The van der Waals surface area contributed by atoms with Gasteiger partial charge in [0.1, 0.15) is 5.69 Å². The van der Waals surface area contributed by atoms with E-state index in [1.54, 1.807) is 0 Å². The first-order valence-electron chi connectivity index (χ1n) is 6.24. The molecule has 0 amide bonds. The van der Waals surface area contributed by atoms with E-state index in [1.807, 2.05) is 48.5 Å². The molecule has 0 atom stereocenters. The number of aromatic nitrogens is 2. The Labute approximate surface area is 123 Å². The normalized spacial score (nSPS) is 12.3. The quantitative estimate of drug-likeness (QED) is 0.574. The zero-order valence-electron chi connectivity index (χ0n) is 10.4. The van der Waals surface area contributed by atoms with Crippen LogP contribution in [0, 0.1) is 0 Å². The first kappa shape index (κ1) is 11.6. The summed E-state index contributed by atoms with van der Waals surface area (Å²) in [4.78, 5) is 12.5. The van der Waals surface area contributed by atoms with Gasteiger partial charge in [-0.25, -0.2) is 0 Å². The van der Waals surface area contributed by atoms with Crippen molar-refractivity contribution in [2.45, 2.75) is 0 Å². The first-order valence-corrected chi connectivity index (χ1v) is 7.03. The highest BCUT2D eigenvalue weighted by Crippen LogP contribution is 2.39. The van der Waals surface area contributed by atoms with Gasteiger partial charge < -0.3 is 0 Å². The average Bonchev–Trinajstić information content (AvgIpc) is 3.02. The van der Waals surface area contributed by atoms with Crippen LogP contribution in [-0.4, -0.2) is 16.0 Å². The maximum Gasteiger partial charge on any atom is 0.198 e. The van der Waals surface area contributed by atoms with Crippen molar-refractivity contribution in [1.29, 1.82) is 0 Å². The summed E-state index contributed by atoms with van der Waals surface area (Å²) in [5.41, 5.74) is 4.83. The molecule has 96 valence electrons. The average molecular weight is 325 g/mol. The predicted octanol–water partition coefficient (Wildman–Crippen LogP) is 4.05. The summed E-state index contributed by atoms with van der Waals surface area (Å²) in [6, 6.07) is 15.4. The molecule has 0 spiro atoms. The molecule has 20 heavy (non-hydrogen) atoms. The number of nitrogens with zero attached hydrogens (tertiary/aromatic N) is 1. The number of ketones is 1. The molecule has 1 aliphatic carbocycles. The Hall–Kier alpha value is -2.20. The smallest absolute Gasteiger partial charge is 0.198 e. The predicted molar refractivity (Wildman–Crippen MR) is 80.6 cm³/mol. The van der Waals surface area contributed by atoms with Crippen molar-refractivity contribution in [3.63, 3.8) is 0 Å². The topological polar surface area (TPSA) is 45.8 Å². The number of halogens is 1. The summed E-state index contributed by atoms with van der Waals surface area (Å²) in [6.45, 7) is 0. The molecule has 1 N–H and O–H groups in total. The molecule has 1 aromatic heterocycles. The van der Waals surface area contributed by atoms with E-state index in [4.69, 9.17) is 0 Å². The van der Waals surface area contributed by atoms with Crippen LogP contribution in [0.4, 0.5) is 0 Å². The first-order chi connectivity index (χ1) is 9.75. The van der Waals surface area contributed by atoms with Crippen molar-refractivity contribution in [2.75, 3.05) is 0 Å². The summed E-state index contributed by atoms with van der Waals surface area (Å²) in [5, 5.41) is 7.33. The summed E-state index contributed by atoms with van der Waals surface area (Å²) in [5.74, 6) is 0.0438. The minimum absolute atomic E-state index is 0.0438. The fraction of sp³-hybridized carbons (Fsp3) is 0. The Bertz CT molecular complexity index is 834. The van der Waals surface area contributed by atoms with Crippen LogP contribution in [-0.2, 0) is 0 Å². The van der Waals surface area contributed by atoms with E-state index in [-0.39, 0.29) is 5.78 Å². The molecule has 3 nitrogen and oxygen atoms in total. The van der Waals surface area contributed by atoms with E-state index in [9.17, 15) is 4.79 Å². The van der Waals surface area contributed by atoms with Crippen LogP contribution in [0.3, 0.4) is 0 Å². The molecule has 0 bridgehead atoms. The monoisotopic (exact) mass is 324 g/mol. The highest BCUT2D eigenvalue weighted by molar-refractivity contribution is 9.10. The lowest BCUT2D eigenvalue weighted by Gasteiger charge is -2.00. The third-order valence-corrected chi connectivity index (χ3v) is 4.08. The highest BCUT2D eigenvalue weighted by Gasteiger charge is 2.32. The van der Waals surface area contributed by atoms with E-state index in [0.29, 0.717) is 11.3 Å². The Kier molecular flexibility index (Phi) is 2.41. The van der Waals surface area contributed by atoms with Crippen LogP contribution in [0.15, 0.2) is 53.0 Å². The van der Waals surface area contributed by atoms with E-state index < -0.39 is 0 Å². The minimum atomic E-state index is 0.0438. The van der Waals surface area contributed by atoms with Crippen LogP contribution in [0.25, 0.3) is 22.5 Å². The molecule has 2 aromatic carbocycles. The third-order valence-electron chi connectivity index (χ3n) is 3.55. The molecule has 1 heterocycles. The second-order valence-corrected chi connectivity index (χ2v) is 5.62. The van der Waals surface area contributed by atoms with Gasteiger partial charge in [0.25, 0.3) is 0 Å². The Balaban J connectivity index is 1.94. The summed E-state index contributed by atoms with van der Waals surface area (Å²) < 4.78 is 1.00. The number of benzene rings is 2. The Morgan fingerprint density at radius 2 is 1.65 bits per heavy atom. The minimum Gasteiger partial charge on any atom is -0.288 e. The number of nitrogens with one attached hydrogen (secondary N) is 1. The van der Waals surface area contributed by atoms with Gasteiger partial charge in [-0.3, -0.25) is 9.89 Å². The third kappa shape index (κ3) is 1.51. The molecule has 4 heteroatoms. The van der Waals surface area contributed by atoms with Crippen molar-refractivity contribution in [2.24, 2.45) is 0 Å². The van der Waals surface area contributed by atoms with E-state index in [0.717, 1.165) is 26.9 Å². The largest absolute Gasteiger partial charge is 0.288 e. The number of hydrogen-bond donors (Lipinski definition) is 1. The van der Waals surface area contributed by atoms with Crippen LogP contribution >= 0.6 is 15.9 Å². The number of aromatic amines is 1. The van der Waals surface area contributed by atoms with Crippen molar-refractivity contribution in [1.82, 2.24) is 10.2 Å². The van der Waals surface area contributed by atoms with Gasteiger partial charge in [-0.2, -0.15) is 5.10 Å². The lowest BCUT2D eigenvalue weighted by atomic mass is 10.0. The number of fused-ring (bicyclic) bond motifs is 3. The lowest BCUT2D eigenvalue weighted by molar-refractivity contribution is 0.104. The van der Waals surface area contributed by atoms with Crippen LogP contribution in [0.1, 0.15) is 15.9 Å². The molecular formula is C16H9BrN2O. The lowest BCUT2D eigenvalue weighted by Crippen LogP contribution is -1.97. The van der Waals surface area contributed by atoms with Crippen molar-refractivity contribution < 1.29 is 4.79 Å². The van der Waals surface area contributed by atoms with Gasteiger partial charge in [0.15, 0.2) is 5.78 Å². The fourth-order valence-corrected chi connectivity index (χ4v) is 2.87. The molecular weight excluding hydrogens is 316 g/mol. The van der Waals surface area contributed by atoms with Gasteiger partial charge in [0, 0.05) is 21.2 Å². The van der Waals surface area contributed by atoms with Gasteiger partial charge in [-0.15, -0.1) is 0 Å². The van der Waals surface area contributed by atoms with E-state index in [1.165, 1.54) is 0 Å². The second kappa shape index (κ2) is 4.15. The number of hydrogen-bond acceptors (Lipinski definition) is 2. The number of rotatable bonds is 1. The molecule has 0 fully saturated rings. The Morgan fingerprint density at radius 1 is 0.950 bits per heavy atom. The number of carbonyl (C=O) groups excluding carboxylic acids is 1. The van der Waals surface area contributed by atoms with Gasteiger partial charge in [0.2, 0.25) is 0 Å². The summed E-state index contributed by atoms with van der Waals surface area (Å²) in [6.07, 6.45) is 0. The molecule has 0 unspecified atom stereocenters. The standard InChI is InChI=1S/C16H9BrN2O/c17-10-7-5-9(6-8-10)14-13-15(19-18-14)11-3-1-2-4-12(11)16(13)20/h1-8H,(H,18,19). The molecule has 1 aliphatic rings. The van der Waals surface area contributed by atoms with Gasteiger partial charge >= 0.3 is 0 Å². The summed E-state index contributed by atoms with van der Waals surface area (Å²) in [7, 11) is 0. The number of H-pyrrole nitrogens is 1. The zero-order chi connectivity index (χ0) is 13.7. The van der Waals surface area contributed by atoms with Crippen molar-refractivity contribution in [3.05, 3.63) is 64.1 Å². The maximum absolute atomic E-state index is 12.5. The molecule has 0 saturated carbocycles. The second-order valence-electron chi connectivity index (χ2n) is 4.70.